The predicted octanol–water partition coefficient (Wildman–Crippen LogP) is 15.4. The summed E-state index contributed by atoms with van der Waals surface area (Å²) in [4.78, 5) is 0. The van der Waals surface area contributed by atoms with E-state index in [0.29, 0.717) is 0 Å². The van der Waals surface area contributed by atoms with Crippen molar-refractivity contribution in [3.63, 3.8) is 0 Å². The number of nitrogens with zero attached hydrogens (tertiary/aromatic N) is 2. The van der Waals surface area contributed by atoms with Crippen molar-refractivity contribution < 1.29 is 4.42 Å². The third kappa shape index (κ3) is 4.55. The predicted molar refractivity (Wildman–Crippen MR) is 251 cm³/mol. The first-order chi connectivity index (χ1) is 29.5. The van der Waals surface area contributed by atoms with Gasteiger partial charge in [-0.05, 0) is 112 Å². The van der Waals surface area contributed by atoms with Crippen LogP contribution in [0.4, 0.5) is 0 Å². The van der Waals surface area contributed by atoms with E-state index in [2.05, 4.69) is 217 Å². The molecule has 0 aliphatic heterocycles. The van der Waals surface area contributed by atoms with Crippen LogP contribution in [-0.2, 0) is 5.41 Å². The average molecular weight is 767 g/mol. The van der Waals surface area contributed by atoms with Crippen LogP contribution in [0.3, 0.4) is 0 Å². The van der Waals surface area contributed by atoms with Crippen molar-refractivity contribution in [2.75, 3.05) is 0 Å². The summed E-state index contributed by atoms with van der Waals surface area (Å²) < 4.78 is 11.5. The first kappa shape index (κ1) is 33.4. The largest absolute Gasteiger partial charge is 0.456 e. The molecule has 0 fully saturated rings. The fourth-order valence-corrected chi connectivity index (χ4v) is 10.6. The summed E-state index contributed by atoms with van der Waals surface area (Å²) in [6.07, 6.45) is 0. The molecule has 60 heavy (non-hydrogen) atoms. The van der Waals surface area contributed by atoms with Crippen molar-refractivity contribution in [2.24, 2.45) is 0 Å². The zero-order valence-corrected chi connectivity index (χ0v) is 33.3. The summed E-state index contributed by atoms with van der Waals surface area (Å²) in [6, 6.07) is 71.0. The molecule has 1 aliphatic carbocycles. The lowest BCUT2D eigenvalue weighted by molar-refractivity contribution is 0.661. The first-order valence-electron chi connectivity index (χ1n) is 20.8. The highest BCUT2D eigenvalue weighted by molar-refractivity contribution is 6.18. The van der Waals surface area contributed by atoms with Gasteiger partial charge in [-0.15, -0.1) is 0 Å². The molecule has 0 saturated carbocycles. The van der Waals surface area contributed by atoms with Gasteiger partial charge in [-0.1, -0.05) is 135 Å². The third-order valence-corrected chi connectivity index (χ3v) is 13.3. The van der Waals surface area contributed by atoms with Gasteiger partial charge in [0.15, 0.2) is 0 Å². The molecule has 3 heterocycles. The molecule has 0 unspecified atom stereocenters. The number of aromatic nitrogens is 2. The van der Waals surface area contributed by atoms with Crippen LogP contribution in [0.25, 0.3) is 110 Å². The number of hydrogen-bond acceptors (Lipinski definition) is 1. The van der Waals surface area contributed by atoms with E-state index in [1.165, 1.54) is 77.0 Å². The Kier molecular flexibility index (Phi) is 6.78. The van der Waals surface area contributed by atoms with Crippen LogP contribution in [0.5, 0.6) is 0 Å². The Morgan fingerprint density at radius 1 is 0.367 bits per heavy atom. The van der Waals surface area contributed by atoms with Gasteiger partial charge in [-0.3, -0.25) is 0 Å². The molecular weight excluding hydrogens is 729 g/mol. The van der Waals surface area contributed by atoms with Crippen LogP contribution < -0.4 is 0 Å². The molecule has 3 nitrogen and oxygen atoms in total. The number of furan rings is 1. The molecule has 1 aliphatic rings. The Balaban J connectivity index is 1.05. The van der Waals surface area contributed by atoms with Gasteiger partial charge in [0.1, 0.15) is 11.2 Å². The zero-order valence-electron chi connectivity index (χ0n) is 33.3. The van der Waals surface area contributed by atoms with Gasteiger partial charge < -0.3 is 13.6 Å². The fraction of sp³-hybridized carbons (Fsp3) is 0.0526. The molecule has 0 radical (unpaired) electrons. The number of para-hydroxylation sites is 4. The molecule has 3 heteroatoms. The molecule has 0 spiro atoms. The summed E-state index contributed by atoms with van der Waals surface area (Å²) in [7, 11) is 0. The van der Waals surface area contributed by atoms with Gasteiger partial charge in [-0.2, -0.15) is 0 Å². The Hall–Kier alpha value is -7.62. The number of rotatable bonds is 4. The topological polar surface area (TPSA) is 23.0 Å². The van der Waals surface area contributed by atoms with E-state index in [1.54, 1.807) is 0 Å². The van der Waals surface area contributed by atoms with Gasteiger partial charge in [-0.25, -0.2) is 0 Å². The molecule has 9 aromatic carbocycles. The average Bonchev–Trinajstić information content (AvgIpc) is 4.01. The van der Waals surface area contributed by atoms with E-state index in [-0.39, 0.29) is 5.41 Å². The van der Waals surface area contributed by atoms with Gasteiger partial charge >= 0.3 is 0 Å². The third-order valence-electron chi connectivity index (χ3n) is 13.3. The number of hydrogen-bond donors (Lipinski definition) is 0. The van der Waals surface area contributed by atoms with Crippen molar-refractivity contribution in [1.82, 2.24) is 9.13 Å². The lowest BCUT2D eigenvalue weighted by atomic mass is 9.82. The monoisotopic (exact) mass is 766 g/mol. The van der Waals surface area contributed by atoms with Crippen molar-refractivity contribution in [3.8, 4) is 44.8 Å². The molecule has 0 atom stereocenters. The highest BCUT2D eigenvalue weighted by Crippen LogP contribution is 2.51. The summed E-state index contributed by atoms with van der Waals surface area (Å²) >= 11 is 0. The lowest BCUT2D eigenvalue weighted by Gasteiger charge is -2.21. The molecule has 0 saturated heterocycles. The minimum Gasteiger partial charge on any atom is -0.456 e. The second kappa shape index (κ2) is 12.2. The van der Waals surface area contributed by atoms with E-state index < -0.39 is 0 Å². The number of benzene rings is 9. The second-order valence-corrected chi connectivity index (χ2v) is 16.9. The Morgan fingerprint density at radius 3 is 1.83 bits per heavy atom. The van der Waals surface area contributed by atoms with Gasteiger partial charge in [0.25, 0.3) is 0 Å². The normalized spacial score (nSPS) is 13.3. The molecule has 0 N–H and O–H groups in total. The van der Waals surface area contributed by atoms with E-state index in [0.717, 1.165) is 44.4 Å². The quantitative estimate of drug-likeness (QED) is 0.175. The maximum absolute atomic E-state index is 6.65. The van der Waals surface area contributed by atoms with Crippen LogP contribution in [0.15, 0.2) is 199 Å². The van der Waals surface area contributed by atoms with Crippen LogP contribution >= 0.6 is 0 Å². The molecule has 0 amide bonds. The van der Waals surface area contributed by atoms with Gasteiger partial charge in [0.2, 0.25) is 0 Å². The smallest absolute Gasteiger partial charge is 0.136 e. The molecule has 13 rings (SSSR count). The van der Waals surface area contributed by atoms with Crippen molar-refractivity contribution in [3.05, 3.63) is 205 Å². The highest BCUT2D eigenvalue weighted by Gasteiger charge is 2.36. The molecule has 0 bridgehead atoms. The number of fused-ring (bicyclic) bond motifs is 12. The van der Waals surface area contributed by atoms with Crippen LogP contribution in [0, 0.1) is 0 Å². The van der Waals surface area contributed by atoms with Crippen molar-refractivity contribution in [2.45, 2.75) is 19.3 Å². The van der Waals surface area contributed by atoms with Gasteiger partial charge in [0, 0.05) is 54.7 Å². The Morgan fingerprint density at radius 2 is 0.983 bits per heavy atom. The highest BCUT2D eigenvalue weighted by atomic mass is 16.3. The summed E-state index contributed by atoms with van der Waals surface area (Å²) in [6.45, 7) is 4.73. The van der Waals surface area contributed by atoms with Crippen LogP contribution in [-0.4, -0.2) is 9.13 Å². The fourth-order valence-electron chi connectivity index (χ4n) is 10.6. The van der Waals surface area contributed by atoms with Crippen LogP contribution in [0.1, 0.15) is 25.0 Å². The van der Waals surface area contributed by atoms with Crippen molar-refractivity contribution in [1.29, 1.82) is 0 Å². The Bertz CT molecular complexity index is 3730. The molecular formula is C57H38N2O. The maximum atomic E-state index is 6.65. The minimum atomic E-state index is -0.0935. The van der Waals surface area contributed by atoms with E-state index >= 15 is 0 Å². The molecule has 3 aromatic heterocycles. The SMILES string of the molecule is CC1(C)c2ccccc2-c2cc3c4cc(-c5cccc6oc7ccc(-c8cccc9c%10ccccc%10n(-c%10ccccc%10)c89)cc7c56)ccc4n(-c4ccccc4)c3cc21. The summed E-state index contributed by atoms with van der Waals surface area (Å²) in [5.41, 5.74) is 18.9. The van der Waals surface area contributed by atoms with E-state index in [9.17, 15) is 0 Å². The van der Waals surface area contributed by atoms with E-state index in [1.807, 2.05) is 0 Å². The molecule has 12 aromatic rings. The standard InChI is InChI=1S/C57H38N2O/c1-57(2)48-24-11-9-19-41(48)44-33-46-45-31-35(27-29-51(45)58(52(46)34-49(44)57)37-15-5-3-6-16-37)39-21-14-26-54-55(39)47-32-36(28-30-53(47)60-54)40-22-13-23-43-42-20-10-12-25-50(42)59(56(40)43)38-17-7-4-8-18-38/h3-34H,1-2H3. The molecule has 282 valence electrons. The van der Waals surface area contributed by atoms with Crippen LogP contribution in [0.2, 0.25) is 0 Å². The van der Waals surface area contributed by atoms with Crippen molar-refractivity contribution >= 4 is 65.6 Å². The minimum absolute atomic E-state index is 0.0935. The maximum Gasteiger partial charge on any atom is 0.136 e. The lowest BCUT2D eigenvalue weighted by Crippen LogP contribution is -2.14. The second-order valence-electron chi connectivity index (χ2n) is 16.9. The summed E-state index contributed by atoms with van der Waals surface area (Å²) in [5, 5.41) is 7.23. The summed E-state index contributed by atoms with van der Waals surface area (Å²) in [5.74, 6) is 0. The Labute approximate surface area is 347 Å². The first-order valence-corrected chi connectivity index (χ1v) is 20.8. The zero-order chi connectivity index (χ0) is 39.7. The van der Waals surface area contributed by atoms with E-state index in [4.69, 9.17) is 4.42 Å². The van der Waals surface area contributed by atoms with Gasteiger partial charge in [0.05, 0.1) is 22.1 Å².